The lowest BCUT2D eigenvalue weighted by molar-refractivity contribution is 0.589. The highest BCUT2D eigenvalue weighted by Gasteiger charge is 2.10. The van der Waals surface area contributed by atoms with Crippen molar-refractivity contribution in [3.63, 3.8) is 0 Å². The van der Waals surface area contributed by atoms with E-state index in [9.17, 15) is 8.78 Å². The lowest BCUT2D eigenvalue weighted by atomic mass is 10.1. The summed E-state index contributed by atoms with van der Waals surface area (Å²) < 4.78 is 26.5. The van der Waals surface area contributed by atoms with Crippen LogP contribution in [0.2, 0.25) is 0 Å². The van der Waals surface area contributed by atoms with Gasteiger partial charge in [0, 0.05) is 5.56 Å². The first-order valence-electron chi connectivity index (χ1n) is 6.41. The number of halogens is 2. The molecule has 4 heteroatoms. The van der Waals surface area contributed by atoms with Crippen molar-refractivity contribution in [3.8, 4) is 11.1 Å². The van der Waals surface area contributed by atoms with Crippen molar-refractivity contribution in [3.05, 3.63) is 48.3 Å². The minimum atomic E-state index is -0.599. The van der Waals surface area contributed by atoms with Gasteiger partial charge in [-0.3, -0.25) is 0 Å². The molecular weight excluding hydrogens is 246 g/mol. The lowest BCUT2D eigenvalue weighted by Crippen LogP contribution is -1.90. The van der Waals surface area contributed by atoms with E-state index in [4.69, 9.17) is 0 Å². The topological polar surface area (TPSA) is 25.8 Å². The third-order valence-corrected chi connectivity index (χ3v) is 1.84. The Kier molecular flexibility index (Phi) is 9.14. The van der Waals surface area contributed by atoms with Crippen LogP contribution in [0.1, 0.15) is 34.1 Å². The van der Waals surface area contributed by atoms with Gasteiger partial charge in [0.15, 0.2) is 0 Å². The Bertz CT molecular complexity index is 439. The second-order valence-corrected chi connectivity index (χ2v) is 3.43. The van der Waals surface area contributed by atoms with Gasteiger partial charge in [0.25, 0.3) is 0 Å². The molecule has 0 unspecified atom stereocenters. The van der Waals surface area contributed by atoms with E-state index in [1.54, 1.807) is 0 Å². The number of aromatic nitrogens is 2. The third-order valence-electron chi connectivity index (χ3n) is 1.84. The minimum absolute atomic E-state index is 0.0672. The van der Waals surface area contributed by atoms with E-state index < -0.39 is 11.6 Å². The normalized spacial score (nSPS) is 8.74. The van der Waals surface area contributed by atoms with E-state index in [0.717, 1.165) is 0 Å². The summed E-state index contributed by atoms with van der Waals surface area (Å²) >= 11 is 0. The molecule has 2 aromatic rings. The molecular formula is C15H20F2N2. The molecule has 1 heterocycles. The summed E-state index contributed by atoms with van der Waals surface area (Å²) in [6.07, 6.45) is 3.96. The molecule has 19 heavy (non-hydrogen) atoms. The molecule has 1 aromatic carbocycles. The summed E-state index contributed by atoms with van der Waals surface area (Å²) in [5.74, 6) is -1.20. The Balaban J connectivity index is 0.000000573. The van der Waals surface area contributed by atoms with Crippen molar-refractivity contribution in [1.82, 2.24) is 10.2 Å². The van der Waals surface area contributed by atoms with Gasteiger partial charge in [-0.15, -0.1) is 0 Å². The van der Waals surface area contributed by atoms with Crippen LogP contribution in [0.5, 0.6) is 0 Å². The maximum atomic E-state index is 13.2. The van der Waals surface area contributed by atoms with E-state index in [2.05, 4.69) is 24.0 Å². The minimum Gasteiger partial charge on any atom is -0.206 e. The van der Waals surface area contributed by atoms with Crippen molar-refractivity contribution >= 4 is 0 Å². The molecule has 1 aromatic heterocycles. The van der Waals surface area contributed by atoms with Gasteiger partial charge in [0.2, 0.25) is 0 Å². The standard InChI is InChI=1S/C10H6F2N2.C3H8.C2H6/c11-8-2-1-3-9(12)10(8)7-4-5-13-14-6-7;1-3-2;1-2/h1-6H;3H2,1-2H3;1-2H3. The highest BCUT2D eigenvalue weighted by atomic mass is 19.1. The maximum absolute atomic E-state index is 13.2. The van der Waals surface area contributed by atoms with Crippen LogP contribution in [-0.2, 0) is 0 Å². The van der Waals surface area contributed by atoms with Crippen LogP contribution >= 0.6 is 0 Å². The first kappa shape index (κ1) is 17.2. The van der Waals surface area contributed by atoms with E-state index >= 15 is 0 Å². The summed E-state index contributed by atoms with van der Waals surface area (Å²) in [5, 5.41) is 7.10. The number of rotatable bonds is 1. The highest BCUT2D eigenvalue weighted by Crippen LogP contribution is 2.24. The van der Waals surface area contributed by atoms with Gasteiger partial charge in [0.05, 0.1) is 18.0 Å². The Hall–Kier alpha value is -1.84. The molecule has 0 aliphatic carbocycles. The Morgan fingerprint density at radius 2 is 1.47 bits per heavy atom. The third kappa shape index (κ3) is 5.55. The number of nitrogens with zero attached hydrogens (tertiary/aromatic N) is 2. The molecule has 0 atom stereocenters. The molecule has 0 fully saturated rings. The maximum Gasteiger partial charge on any atom is 0.134 e. The second kappa shape index (κ2) is 10.1. The zero-order chi connectivity index (χ0) is 14.7. The fourth-order valence-electron chi connectivity index (χ4n) is 1.21. The zero-order valence-electron chi connectivity index (χ0n) is 11.8. The summed E-state index contributed by atoms with van der Waals surface area (Å²) in [6.45, 7) is 8.25. The fraction of sp³-hybridized carbons (Fsp3) is 0.333. The lowest BCUT2D eigenvalue weighted by Gasteiger charge is -2.02. The fourth-order valence-corrected chi connectivity index (χ4v) is 1.21. The van der Waals surface area contributed by atoms with Gasteiger partial charge < -0.3 is 0 Å². The van der Waals surface area contributed by atoms with E-state index in [0.29, 0.717) is 5.56 Å². The van der Waals surface area contributed by atoms with Gasteiger partial charge in [-0.05, 0) is 18.2 Å². The summed E-state index contributed by atoms with van der Waals surface area (Å²) in [5.41, 5.74) is 0.318. The molecule has 0 N–H and O–H groups in total. The quantitative estimate of drug-likeness (QED) is 0.736. The van der Waals surface area contributed by atoms with E-state index in [-0.39, 0.29) is 5.56 Å². The van der Waals surface area contributed by atoms with Crippen LogP contribution in [0.4, 0.5) is 8.78 Å². The molecule has 104 valence electrons. The average molecular weight is 266 g/mol. The van der Waals surface area contributed by atoms with Crippen LogP contribution in [0, 0.1) is 11.6 Å². The summed E-state index contributed by atoms with van der Waals surface area (Å²) in [4.78, 5) is 0. The Morgan fingerprint density at radius 1 is 0.947 bits per heavy atom. The molecule has 0 aliphatic rings. The Labute approximate surface area is 113 Å². The van der Waals surface area contributed by atoms with Crippen LogP contribution in [0.25, 0.3) is 11.1 Å². The average Bonchev–Trinajstić information content (AvgIpc) is 2.43. The smallest absolute Gasteiger partial charge is 0.134 e. The van der Waals surface area contributed by atoms with Crippen LogP contribution in [0.15, 0.2) is 36.7 Å². The van der Waals surface area contributed by atoms with Crippen molar-refractivity contribution in [1.29, 1.82) is 0 Å². The monoisotopic (exact) mass is 266 g/mol. The predicted molar refractivity (Wildman–Crippen MR) is 74.7 cm³/mol. The molecule has 0 radical (unpaired) electrons. The summed E-state index contributed by atoms with van der Waals surface area (Å²) in [7, 11) is 0. The predicted octanol–water partition coefficient (Wildman–Crippen LogP) is 4.86. The first-order valence-corrected chi connectivity index (χ1v) is 6.41. The molecule has 0 bridgehead atoms. The molecule has 0 amide bonds. The highest BCUT2D eigenvalue weighted by molar-refractivity contribution is 5.63. The number of hydrogen-bond acceptors (Lipinski definition) is 2. The molecule has 0 spiro atoms. The van der Waals surface area contributed by atoms with Crippen molar-refractivity contribution < 1.29 is 8.78 Å². The van der Waals surface area contributed by atoms with Crippen molar-refractivity contribution in [2.45, 2.75) is 34.1 Å². The van der Waals surface area contributed by atoms with E-state index in [1.807, 2.05) is 13.8 Å². The van der Waals surface area contributed by atoms with Gasteiger partial charge in [-0.1, -0.05) is 40.2 Å². The molecule has 0 aliphatic heterocycles. The molecule has 2 rings (SSSR count). The first-order chi connectivity index (χ1) is 9.20. The molecule has 2 nitrogen and oxygen atoms in total. The van der Waals surface area contributed by atoms with Crippen LogP contribution < -0.4 is 0 Å². The van der Waals surface area contributed by atoms with Gasteiger partial charge in [-0.25, -0.2) is 8.78 Å². The van der Waals surface area contributed by atoms with Gasteiger partial charge in [0.1, 0.15) is 11.6 Å². The number of benzene rings is 1. The SMILES string of the molecule is CC.CCC.Fc1cccc(F)c1-c1ccnnc1. The van der Waals surface area contributed by atoms with Gasteiger partial charge >= 0.3 is 0 Å². The summed E-state index contributed by atoms with van der Waals surface area (Å²) in [6, 6.07) is 5.25. The van der Waals surface area contributed by atoms with Crippen LogP contribution in [0.3, 0.4) is 0 Å². The number of hydrogen-bond donors (Lipinski definition) is 0. The van der Waals surface area contributed by atoms with E-state index in [1.165, 1.54) is 43.1 Å². The molecule has 0 saturated heterocycles. The van der Waals surface area contributed by atoms with Crippen LogP contribution in [-0.4, -0.2) is 10.2 Å². The van der Waals surface area contributed by atoms with Gasteiger partial charge in [-0.2, -0.15) is 10.2 Å². The largest absolute Gasteiger partial charge is 0.206 e. The van der Waals surface area contributed by atoms with Crippen molar-refractivity contribution in [2.75, 3.05) is 0 Å². The molecule has 0 saturated carbocycles. The van der Waals surface area contributed by atoms with Crippen molar-refractivity contribution in [2.24, 2.45) is 0 Å². The Morgan fingerprint density at radius 3 is 1.89 bits per heavy atom. The second-order valence-electron chi connectivity index (χ2n) is 3.43. The zero-order valence-corrected chi connectivity index (χ0v) is 11.8.